The molecule has 0 saturated heterocycles. The van der Waals surface area contributed by atoms with Gasteiger partial charge >= 0.3 is 0 Å². The highest BCUT2D eigenvalue weighted by atomic mass is 35.5. The molecule has 5 heteroatoms. The van der Waals surface area contributed by atoms with Gasteiger partial charge in [-0.05, 0) is 42.7 Å². The molecule has 0 fully saturated rings. The van der Waals surface area contributed by atoms with Crippen molar-refractivity contribution in [3.8, 4) is 11.5 Å². The number of halogens is 1. The summed E-state index contributed by atoms with van der Waals surface area (Å²) in [6.07, 6.45) is 0. The van der Waals surface area contributed by atoms with Crippen molar-refractivity contribution < 1.29 is 14.3 Å². The molecule has 0 aromatic heterocycles. The molecule has 0 atom stereocenters. The van der Waals surface area contributed by atoms with Crippen molar-refractivity contribution >= 4 is 17.5 Å². The number of nitrogens with one attached hydrogen (secondary N) is 1. The molecule has 0 aliphatic carbocycles. The minimum absolute atomic E-state index is 0.184. The van der Waals surface area contributed by atoms with E-state index in [2.05, 4.69) is 19.2 Å². The molecule has 4 nitrogen and oxygen atoms in total. The van der Waals surface area contributed by atoms with E-state index in [-0.39, 0.29) is 5.91 Å². The van der Waals surface area contributed by atoms with E-state index in [1.807, 2.05) is 25.1 Å². The molecule has 1 amide bonds. The first-order valence-electron chi connectivity index (χ1n) is 8.42. The van der Waals surface area contributed by atoms with Gasteiger partial charge in [0.05, 0.1) is 13.2 Å². The lowest BCUT2D eigenvalue weighted by Gasteiger charge is -2.14. The maximum absolute atomic E-state index is 12.4. The molecule has 0 aliphatic rings. The summed E-state index contributed by atoms with van der Waals surface area (Å²) in [7, 11) is 0. The van der Waals surface area contributed by atoms with Gasteiger partial charge < -0.3 is 14.8 Å². The molecule has 25 heavy (non-hydrogen) atoms. The number of carbonyl (C=O) groups is 1. The summed E-state index contributed by atoms with van der Waals surface area (Å²) in [6.45, 7) is 7.53. The Morgan fingerprint density at radius 3 is 2.56 bits per heavy atom. The van der Waals surface area contributed by atoms with Crippen LogP contribution in [0.15, 0.2) is 42.5 Å². The Labute approximate surface area is 154 Å². The fourth-order valence-electron chi connectivity index (χ4n) is 2.21. The molecule has 0 radical (unpaired) electrons. The van der Waals surface area contributed by atoms with E-state index in [1.165, 1.54) is 0 Å². The normalized spacial score (nSPS) is 10.6. The van der Waals surface area contributed by atoms with Gasteiger partial charge in [0.2, 0.25) is 0 Å². The zero-order chi connectivity index (χ0) is 18.2. The lowest BCUT2D eigenvalue weighted by Crippen LogP contribution is -2.23. The van der Waals surface area contributed by atoms with Gasteiger partial charge in [-0.15, -0.1) is 0 Å². The molecule has 0 heterocycles. The van der Waals surface area contributed by atoms with E-state index in [0.717, 1.165) is 5.56 Å². The van der Waals surface area contributed by atoms with Crippen LogP contribution in [0.1, 0.15) is 36.7 Å². The number of hydrogen-bond acceptors (Lipinski definition) is 3. The van der Waals surface area contributed by atoms with Crippen LogP contribution in [0.2, 0.25) is 5.02 Å². The highest BCUT2D eigenvalue weighted by Crippen LogP contribution is 2.29. The van der Waals surface area contributed by atoms with Crippen LogP contribution in [0.3, 0.4) is 0 Å². The Hall–Kier alpha value is -2.20. The smallest absolute Gasteiger partial charge is 0.251 e. The van der Waals surface area contributed by atoms with Crippen molar-refractivity contribution in [1.82, 2.24) is 5.32 Å². The predicted molar refractivity (Wildman–Crippen MR) is 101 cm³/mol. The molecule has 1 N–H and O–H groups in total. The zero-order valence-electron chi connectivity index (χ0n) is 14.8. The van der Waals surface area contributed by atoms with Gasteiger partial charge in [0.15, 0.2) is 11.5 Å². The van der Waals surface area contributed by atoms with Crippen LogP contribution < -0.4 is 14.8 Å². The van der Waals surface area contributed by atoms with Gasteiger partial charge in [-0.25, -0.2) is 0 Å². The second kappa shape index (κ2) is 9.33. The van der Waals surface area contributed by atoms with Crippen molar-refractivity contribution in [1.29, 1.82) is 0 Å². The van der Waals surface area contributed by atoms with E-state index in [1.54, 1.807) is 24.3 Å². The summed E-state index contributed by atoms with van der Waals surface area (Å²) in [5, 5.41) is 3.51. The third-order valence-corrected chi connectivity index (χ3v) is 3.84. The van der Waals surface area contributed by atoms with Crippen LogP contribution in [0.4, 0.5) is 0 Å². The van der Waals surface area contributed by atoms with Crippen LogP contribution in [0.25, 0.3) is 0 Å². The van der Waals surface area contributed by atoms with Crippen LogP contribution in [-0.2, 0) is 6.54 Å². The summed E-state index contributed by atoms with van der Waals surface area (Å²) in [6, 6.07) is 12.7. The van der Waals surface area contributed by atoms with Gasteiger partial charge in [-0.2, -0.15) is 0 Å². The number of ether oxygens (including phenoxy) is 2. The first kappa shape index (κ1) is 19.1. The lowest BCUT2D eigenvalue weighted by molar-refractivity contribution is 0.0950. The summed E-state index contributed by atoms with van der Waals surface area (Å²) in [4.78, 5) is 12.4. The van der Waals surface area contributed by atoms with Crippen molar-refractivity contribution in [2.45, 2.75) is 27.3 Å². The molecular weight excluding hydrogens is 338 g/mol. The summed E-state index contributed by atoms with van der Waals surface area (Å²) in [5.41, 5.74) is 1.40. The average molecular weight is 362 g/mol. The lowest BCUT2D eigenvalue weighted by atomic mass is 10.1. The minimum Gasteiger partial charge on any atom is -0.490 e. The highest BCUT2D eigenvalue weighted by molar-refractivity contribution is 6.31. The first-order chi connectivity index (χ1) is 12.0. The third kappa shape index (κ3) is 5.68. The number of amides is 1. The number of benzene rings is 2. The Bertz CT molecular complexity index is 716. The van der Waals surface area contributed by atoms with Crippen molar-refractivity contribution in [2.24, 2.45) is 5.92 Å². The minimum atomic E-state index is -0.184. The van der Waals surface area contributed by atoms with Gasteiger partial charge in [0.1, 0.15) is 0 Å². The Balaban J connectivity index is 2.08. The van der Waals surface area contributed by atoms with Crippen molar-refractivity contribution in [2.75, 3.05) is 13.2 Å². The molecular formula is C20H24ClNO3. The van der Waals surface area contributed by atoms with Gasteiger partial charge in [0.25, 0.3) is 5.91 Å². The first-order valence-corrected chi connectivity index (χ1v) is 8.80. The van der Waals surface area contributed by atoms with Crippen molar-refractivity contribution in [3.05, 3.63) is 58.6 Å². The molecule has 2 aromatic rings. The molecule has 2 aromatic carbocycles. The molecule has 0 bridgehead atoms. The Morgan fingerprint density at radius 1 is 1.12 bits per heavy atom. The molecule has 2 rings (SSSR count). The van der Waals surface area contributed by atoms with Crippen LogP contribution >= 0.6 is 11.6 Å². The van der Waals surface area contributed by atoms with E-state index in [9.17, 15) is 4.79 Å². The van der Waals surface area contributed by atoms with Crippen LogP contribution in [0, 0.1) is 5.92 Å². The average Bonchev–Trinajstić information content (AvgIpc) is 2.59. The van der Waals surface area contributed by atoms with Gasteiger partial charge in [-0.1, -0.05) is 43.6 Å². The van der Waals surface area contributed by atoms with E-state index in [4.69, 9.17) is 21.1 Å². The molecule has 0 saturated carbocycles. The summed E-state index contributed by atoms with van der Waals surface area (Å²) < 4.78 is 11.4. The second-order valence-corrected chi connectivity index (χ2v) is 6.48. The summed E-state index contributed by atoms with van der Waals surface area (Å²) >= 11 is 6.11. The second-order valence-electron chi connectivity index (χ2n) is 6.07. The summed E-state index contributed by atoms with van der Waals surface area (Å²) in [5.74, 6) is 1.45. The van der Waals surface area contributed by atoms with Crippen LogP contribution in [0.5, 0.6) is 11.5 Å². The van der Waals surface area contributed by atoms with E-state index >= 15 is 0 Å². The third-order valence-electron chi connectivity index (χ3n) is 3.48. The molecule has 0 spiro atoms. The fraction of sp³-hybridized carbons (Fsp3) is 0.350. The fourth-order valence-corrected chi connectivity index (χ4v) is 2.42. The topological polar surface area (TPSA) is 47.6 Å². The molecule has 0 aliphatic heterocycles. The van der Waals surface area contributed by atoms with Gasteiger partial charge in [0, 0.05) is 17.1 Å². The monoisotopic (exact) mass is 361 g/mol. The number of hydrogen-bond donors (Lipinski definition) is 1. The highest BCUT2D eigenvalue weighted by Gasteiger charge is 2.12. The molecule has 0 unspecified atom stereocenters. The maximum Gasteiger partial charge on any atom is 0.251 e. The zero-order valence-corrected chi connectivity index (χ0v) is 15.6. The number of rotatable bonds is 8. The standard InChI is InChI=1S/C20H24ClNO3/c1-4-24-19-11-15(9-10-18(19)25-13-14(2)3)20(23)22-12-16-7-5-6-8-17(16)21/h5-11,14H,4,12-13H2,1-3H3,(H,22,23). The van der Waals surface area contributed by atoms with Crippen LogP contribution in [-0.4, -0.2) is 19.1 Å². The Kier molecular flexibility index (Phi) is 7.14. The predicted octanol–water partition coefficient (Wildman–Crippen LogP) is 4.70. The SMILES string of the molecule is CCOc1cc(C(=O)NCc2ccccc2Cl)ccc1OCC(C)C. The molecule has 134 valence electrons. The number of carbonyl (C=O) groups excluding carboxylic acids is 1. The van der Waals surface area contributed by atoms with E-state index < -0.39 is 0 Å². The Morgan fingerprint density at radius 2 is 1.88 bits per heavy atom. The van der Waals surface area contributed by atoms with Crippen molar-refractivity contribution in [3.63, 3.8) is 0 Å². The maximum atomic E-state index is 12.4. The van der Waals surface area contributed by atoms with E-state index in [0.29, 0.717) is 47.8 Å². The quantitative estimate of drug-likeness (QED) is 0.741. The van der Waals surface area contributed by atoms with Gasteiger partial charge in [-0.3, -0.25) is 4.79 Å². The largest absolute Gasteiger partial charge is 0.490 e.